The average Bonchev–Trinajstić information content (AvgIpc) is 2.78. The summed E-state index contributed by atoms with van der Waals surface area (Å²) in [5.74, 6) is 1.21. The minimum Gasteiger partial charge on any atom is -0.493 e. The van der Waals surface area contributed by atoms with Gasteiger partial charge in [-0.05, 0) is 42.2 Å². The second-order valence-corrected chi connectivity index (χ2v) is 8.51. The number of anilines is 1. The number of carbonyl (C=O) groups is 2. The number of quaternary nitrogens is 1. The van der Waals surface area contributed by atoms with Crippen LogP contribution >= 0.6 is 0 Å². The largest absolute Gasteiger partial charge is 0.493 e. The highest BCUT2D eigenvalue weighted by Gasteiger charge is 2.26. The van der Waals surface area contributed by atoms with Crippen LogP contribution in [0.4, 0.5) is 5.69 Å². The Hall–Kier alpha value is -2.86. The van der Waals surface area contributed by atoms with Crippen LogP contribution in [0.1, 0.15) is 36.7 Å². The topological polar surface area (TPSA) is 63.1 Å². The highest BCUT2D eigenvalue weighted by Crippen LogP contribution is 2.16. The molecular weight excluding hydrogens is 390 g/mol. The van der Waals surface area contributed by atoms with E-state index in [9.17, 15) is 9.59 Å². The average molecular weight is 425 g/mol. The summed E-state index contributed by atoms with van der Waals surface area (Å²) in [7, 11) is 0. The second kappa shape index (κ2) is 11.0. The first-order valence-corrected chi connectivity index (χ1v) is 11.2. The van der Waals surface area contributed by atoms with E-state index in [-0.39, 0.29) is 11.8 Å². The Balaban J connectivity index is 1.49. The highest BCUT2D eigenvalue weighted by molar-refractivity contribution is 5.94. The number of ether oxygens (including phenoxy) is 1. The van der Waals surface area contributed by atoms with Crippen molar-refractivity contribution in [1.29, 1.82) is 0 Å². The van der Waals surface area contributed by atoms with Crippen molar-refractivity contribution in [2.24, 2.45) is 5.92 Å². The number of piperazine rings is 1. The first kappa shape index (κ1) is 22.8. The van der Waals surface area contributed by atoms with Crippen molar-refractivity contribution in [3.8, 4) is 5.75 Å². The third-order valence-electron chi connectivity index (χ3n) is 5.50. The van der Waals surface area contributed by atoms with E-state index >= 15 is 0 Å². The van der Waals surface area contributed by atoms with Gasteiger partial charge >= 0.3 is 0 Å². The Labute approximate surface area is 185 Å². The molecule has 0 aromatic heterocycles. The molecule has 2 N–H and O–H groups in total. The van der Waals surface area contributed by atoms with Crippen LogP contribution in [-0.4, -0.2) is 56.0 Å². The lowest BCUT2D eigenvalue weighted by Crippen LogP contribution is -3.15. The molecule has 0 atom stereocenters. The van der Waals surface area contributed by atoms with Crippen molar-refractivity contribution in [2.45, 2.75) is 27.2 Å². The Kier molecular flexibility index (Phi) is 8.06. The van der Waals surface area contributed by atoms with Crippen molar-refractivity contribution in [2.75, 3.05) is 44.6 Å². The Morgan fingerprint density at radius 3 is 2.55 bits per heavy atom. The van der Waals surface area contributed by atoms with Gasteiger partial charge in [-0.1, -0.05) is 45.0 Å². The van der Waals surface area contributed by atoms with Crippen molar-refractivity contribution >= 4 is 17.5 Å². The number of amides is 2. The van der Waals surface area contributed by atoms with E-state index in [1.807, 2.05) is 53.4 Å². The Morgan fingerprint density at radius 2 is 1.84 bits per heavy atom. The summed E-state index contributed by atoms with van der Waals surface area (Å²) in [5.41, 5.74) is 2.68. The number of hydrogen-bond donors (Lipinski definition) is 2. The molecule has 1 saturated heterocycles. The fourth-order valence-corrected chi connectivity index (χ4v) is 3.74. The molecule has 1 aliphatic rings. The zero-order valence-electron chi connectivity index (χ0n) is 18.8. The van der Waals surface area contributed by atoms with Crippen molar-refractivity contribution < 1.29 is 19.2 Å². The number of nitrogens with one attached hydrogen (secondary N) is 2. The molecule has 0 saturated carbocycles. The van der Waals surface area contributed by atoms with Gasteiger partial charge in [0.25, 0.3) is 11.8 Å². The standard InChI is InChI=1S/C25H33N3O3/c1-4-20-8-5-6-11-23(20)26-24(29)17-27-12-14-28(15-13-27)25(30)21-9-7-10-22(16-21)31-18-19(2)3/h5-11,16,19H,4,12-15,17-18H2,1-3H3,(H,26,29)/p+1. The number of rotatable bonds is 8. The molecule has 6 nitrogen and oxygen atoms in total. The lowest BCUT2D eigenvalue weighted by molar-refractivity contribution is -0.895. The van der Waals surface area contributed by atoms with Gasteiger partial charge < -0.3 is 19.9 Å². The van der Waals surface area contributed by atoms with E-state index in [1.165, 1.54) is 4.90 Å². The van der Waals surface area contributed by atoms with Crippen LogP contribution in [0.25, 0.3) is 0 Å². The fraction of sp³-hybridized carbons (Fsp3) is 0.440. The quantitative estimate of drug-likeness (QED) is 0.683. The van der Waals surface area contributed by atoms with Crippen molar-refractivity contribution in [1.82, 2.24) is 4.90 Å². The first-order valence-electron chi connectivity index (χ1n) is 11.2. The molecule has 2 aromatic carbocycles. The van der Waals surface area contributed by atoms with Gasteiger partial charge in [-0.2, -0.15) is 0 Å². The molecular formula is C25H34N3O3+. The Morgan fingerprint density at radius 1 is 1.10 bits per heavy atom. The summed E-state index contributed by atoms with van der Waals surface area (Å²) in [4.78, 5) is 28.5. The van der Waals surface area contributed by atoms with Crippen molar-refractivity contribution in [3.05, 3.63) is 59.7 Å². The molecule has 0 bridgehead atoms. The van der Waals surface area contributed by atoms with Gasteiger partial charge in [0.2, 0.25) is 0 Å². The fourth-order valence-electron chi connectivity index (χ4n) is 3.74. The zero-order chi connectivity index (χ0) is 22.2. The number of carbonyl (C=O) groups excluding carboxylic acids is 2. The Bertz CT molecular complexity index is 889. The lowest BCUT2D eigenvalue weighted by atomic mass is 10.1. The SMILES string of the molecule is CCc1ccccc1NC(=O)C[NH+]1CCN(C(=O)c2cccc(OCC(C)C)c2)CC1. The van der Waals surface area contributed by atoms with Crippen LogP contribution in [0.3, 0.4) is 0 Å². The molecule has 0 unspecified atom stereocenters. The van der Waals surface area contributed by atoms with E-state index in [0.29, 0.717) is 37.7 Å². The summed E-state index contributed by atoms with van der Waals surface area (Å²) < 4.78 is 5.75. The van der Waals surface area contributed by atoms with Gasteiger partial charge in [-0.15, -0.1) is 0 Å². The third kappa shape index (κ3) is 6.56. The van der Waals surface area contributed by atoms with E-state index < -0.39 is 0 Å². The van der Waals surface area contributed by atoms with Gasteiger partial charge in [0.1, 0.15) is 5.75 Å². The molecule has 0 aliphatic carbocycles. The van der Waals surface area contributed by atoms with Gasteiger partial charge in [0.15, 0.2) is 6.54 Å². The predicted octanol–water partition coefficient (Wildman–Crippen LogP) is 2.26. The molecule has 3 rings (SSSR count). The number of aryl methyl sites for hydroxylation is 1. The number of nitrogens with zero attached hydrogens (tertiary/aromatic N) is 1. The number of para-hydroxylation sites is 1. The van der Waals surface area contributed by atoms with E-state index in [0.717, 1.165) is 36.5 Å². The molecule has 0 radical (unpaired) electrons. The molecule has 166 valence electrons. The van der Waals surface area contributed by atoms with E-state index in [2.05, 4.69) is 26.1 Å². The predicted molar refractivity (Wildman–Crippen MR) is 123 cm³/mol. The zero-order valence-corrected chi connectivity index (χ0v) is 18.8. The molecule has 2 amide bonds. The van der Waals surface area contributed by atoms with Crippen LogP contribution in [0.2, 0.25) is 0 Å². The summed E-state index contributed by atoms with van der Waals surface area (Å²) in [5, 5.41) is 3.04. The minimum absolute atomic E-state index is 0.0191. The summed E-state index contributed by atoms with van der Waals surface area (Å²) >= 11 is 0. The lowest BCUT2D eigenvalue weighted by Gasteiger charge is -2.32. The third-order valence-corrected chi connectivity index (χ3v) is 5.50. The summed E-state index contributed by atoms with van der Waals surface area (Å²) in [6.45, 7) is 10.1. The van der Waals surface area contributed by atoms with Crippen LogP contribution in [-0.2, 0) is 11.2 Å². The van der Waals surface area contributed by atoms with E-state index in [4.69, 9.17) is 4.74 Å². The van der Waals surface area contributed by atoms with Gasteiger partial charge in [0.05, 0.1) is 32.8 Å². The smallest absolute Gasteiger partial charge is 0.279 e. The van der Waals surface area contributed by atoms with Gasteiger partial charge in [0, 0.05) is 11.3 Å². The molecule has 1 aliphatic heterocycles. The molecule has 0 spiro atoms. The molecule has 1 heterocycles. The van der Waals surface area contributed by atoms with E-state index in [1.54, 1.807) is 0 Å². The first-order chi connectivity index (χ1) is 15.0. The minimum atomic E-state index is 0.0191. The highest BCUT2D eigenvalue weighted by atomic mass is 16.5. The summed E-state index contributed by atoms with van der Waals surface area (Å²) in [6, 6.07) is 15.3. The molecule has 1 fully saturated rings. The van der Waals surface area contributed by atoms with Crippen LogP contribution in [0.15, 0.2) is 48.5 Å². The normalized spacial score (nSPS) is 14.5. The molecule has 31 heavy (non-hydrogen) atoms. The molecule has 2 aromatic rings. The van der Waals surface area contributed by atoms with Crippen LogP contribution in [0.5, 0.6) is 5.75 Å². The maximum absolute atomic E-state index is 12.9. The monoisotopic (exact) mass is 424 g/mol. The second-order valence-electron chi connectivity index (χ2n) is 8.51. The van der Waals surface area contributed by atoms with Gasteiger partial charge in [-0.25, -0.2) is 0 Å². The maximum Gasteiger partial charge on any atom is 0.279 e. The van der Waals surface area contributed by atoms with Crippen LogP contribution in [0, 0.1) is 5.92 Å². The summed E-state index contributed by atoms with van der Waals surface area (Å²) in [6.07, 6.45) is 0.883. The maximum atomic E-state index is 12.9. The van der Waals surface area contributed by atoms with Crippen LogP contribution < -0.4 is 15.0 Å². The number of benzene rings is 2. The molecule has 6 heteroatoms. The number of hydrogen-bond acceptors (Lipinski definition) is 3. The van der Waals surface area contributed by atoms with Gasteiger partial charge in [-0.3, -0.25) is 9.59 Å². The van der Waals surface area contributed by atoms with Crippen molar-refractivity contribution in [3.63, 3.8) is 0 Å².